The summed E-state index contributed by atoms with van der Waals surface area (Å²) in [5, 5.41) is 16.7. The van der Waals surface area contributed by atoms with Gasteiger partial charge in [-0.15, -0.1) is 0 Å². The van der Waals surface area contributed by atoms with Crippen LogP contribution in [0.4, 0.5) is 5.69 Å². The molecule has 0 spiro atoms. The molecule has 8 heteroatoms. The molecule has 1 fully saturated rings. The van der Waals surface area contributed by atoms with Gasteiger partial charge in [0.05, 0.1) is 18.5 Å². The third-order valence-electron chi connectivity index (χ3n) is 4.36. The molecule has 8 nitrogen and oxygen atoms in total. The van der Waals surface area contributed by atoms with Crippen LogP contribution >= 0.6 is 0 Å². The van der Waals surface area contributed by atoms with Crippen molar-refractivity contribution < 1.29 is 9.90 Å². The van der Waals surface area contributed by atoms with Crippen LogP contribution in [0.2, 0.25) is 0 Å². The third-order valence-corrected chi connectivity index (χ3v) is 4.36. The highest BCUT2D eigenvalue weighted by Gasteiger charge is 2.27. The molecule has 3 rings (SSSR count). The van der Waals surface area contributed by atoms with E-state index < -0.39 is 0 Å². The molecular formula is C18H24N6O2. The molecule has 0 atom stereocenters. The average Bonchev–Trinajstić information content (AvgIpc) is 3.08. The Kier molecular flexibility index (Phi) is 5.52. The van der Waals surface area contributed by atoms with Gasteiger partial charge in [0.25, 0.3) is 0 Å². The van der Waals surface area contributed by atoms with E-state index in [1.165, 1.54) is 0 Å². The van der Waals surface area contributed by atoms with E-state index in [-0.39, 0.29) is 19.1 Å². The van der Waals surface area contributed by atoms with Gasteiger partial charge in [-0.25, -0.2) is 0 Å². The van der Waals surface area contributed by atoms with Crippen molar-refractivity contribution in [2.45, 2.75) is 13.2 Å². The number of aryl methyl sites for hydroxylation is 1. The zero-order valence-electron chi connectivity index (χ0n) is 15.1. The van der Waals surface area contributed by atoms with Gasteiger partial charge in [0, 0.05) is 39.9 Å². The molecule has 2 N–H and O–H groups in total. The van der Waals surface area contributed by atoms with Gasteiger partial charge >= 0.3 is 0 Å². The molecule has 1 amide bonds. The highest BCUT2D eigenvalue weighted by molar-refractivity contribution is 5.98. The van der Waals surface area contributed by atoms with Crippen molar-refractivity contribution in [2.75, 3.05) is 31.6 Å². The van der Waals surface area contributed by atoms with Gasteiger partial charge in [-0.05, 0) is 11.1 Å². The SMILES string of the molecule is CN=C(NCc1cccc(CO)c1)N1CCN(c2cnn(C)c2)C(=O)C1. The molecule has 0 radical (unpaired) electrons. The standard InChI is InChI=1S/C18H24N6O2/c1-19-18(20-9-14-4-3-5-15(8-14)13-25)23-6-7-24(17(26)12-23)16-10-21-22(2)11-16/h3-5,8,10-11,25H,6-7,9,12-13H2,1-2H3,(H,19,20). The molecular weight excluding hydrogens is 332 g/mol. The van der Waals surface area contributed by atoms with Crippen LogP contribution in [0.15, 0.2) is 41.7 Å². The molecule has 1 aliphatic rings. The molecule has 0 bridgehead atoms. The van der Waals surface area contributed by atoms with Gasteiger partial charge in [0.15, 0.2) is 5.96 Å². The summed E-state index contributed by atoms with van der Waals surface area (Å²) < 4.78 is 1.69. The minimum absolute atomic E-state index is 0.0212. The lowest BCUT2D eigenvalue weighted by Crippen LogP contribution is -2.55. The van der Waals surface area contributed by atoms with Crippen molar-refractivity contribution in [1.82, 2.24) is 20.0 Å². The van der Waals surface area contributed by atoms with Crippen LogP contribution < -0.4 is 10.2 Å². The van der Waals surface area contributed by atoms with Crippen LogP contribution in [-0.4, -0.2) is 58.3 Å². The second-order valence-electron chi connectivity index (χ2n) is 6.22. The van der Waals surface area contributed by atoms with Crippen LogP contribution in [0.5, 0.6) is 0 Å². The first-order chi connectivity index (χ1) is 12.6. The number of nitrogens with zero attached hydrogens (tertiary/aromatic N) is 5. The molecule has 26 heavy (non-hydrogen) atoms. The monoisotopic (exact) mass is 356 g/mol. The molecule has 1 aromatic carbocycles. The number of aliphatic imine (C=N–C) groups is 1. The van der Waals surface area contributed by atoms with Gasteiger partial charge in [-0.2, -0.15) is 5.10 Å². The number of benzene rings is 1. The fourth-order valence-electron chi connectivity index (χ4n) is 3.03. The van der Waals surface area contributed by atoms with E-state index in [1.54, 1.807) is 22.8 Å². The molecule has 1 aliphatic heterocycles. The second kappa shape index (κ2) is 8.01. The summed E-state index contributed by atoms with van der Waals surface area (Å²) in [5.41, 5.74) is 2.75. The predicted molar refractivity (Wildman–Crippen MR) is 99.7 cm³/mol. The van der Waals surface area contributed by atoms with E-state index in [4.69, 9.17) is 0 Å². The number of nitrogens with one attached hydrogen (secondary N) is 1. The molecule has 2 aromatic rings. The Morgan fingerprint density at radius 1 is 1.35 bits per heavy atom. The number of hydrogen-bond acceptors (Lipinski definition) is 4. The molecule has 138 valence electrons. The third kappa shape index (κ3) is 4.02. The predicted octanol–water partition coefficient (Wildman–Crippen LogP) is 0.337. The normalized spacial score (nSPS) is 15.5. The maximum absolute atomic E-state index is 12.5. The second-order valence-corrected chi connectivity index (χ2v) is 6.22. The van der Waals surface area contributed by atoms with Crippen molar-refractivity contribution >= 4 is 17.6 Å². The van der Waals surface area contributed by atoms with E-state index in [1.807, 2.05) is 42.4 Å². The van der Waals surface area contributed by atoms with Crippen molar-refractivity contribution in [2.24, 2.45) is 12.0 Å². The van der Waals surface area contributed by atoms with E-state index in [0.717, 1.165) is 16.8 Å². The summed E-state index contributed by atoms with van der Waals surface area (Å²) in [7, 11) is 3.55. The highest BCUT2D eigenvalue weighted by atomic mass is 16.3. The van der Waals surface area contributed by atoms with Crippen LogP contribution in [0, 0.1) is 0 Å². The number of guanidine groups is 1. The first-order valence-corrected chi connectivity index (χ1v) is 8.54. The van der Waals surface area contributed by atoms with Crippen molar-refractivity contribution in [3.05, 3.63) is 47.8 Å². The Morgan fingerprint density at radius 3 is 2.81 bits per heavy atom. The summed E-state index contributed by atoms with van der Waals surface area (Å²) in [4.78, 5) is 20.5. The average molecular weight is 356 g/mol. The molecule has 0 aliphatic carbocycles. The Morgan fingerprint density at radius 2 is 2.15 bits per heavy atom. The van der Waals surface area contributed by atoms with E-state index in [0.29, 0.717) is 25.6 Å². The summed E-state index contributed by atoms with van der Waals surface area (Å²) >= 11 is 0. The van der Waals surface area contributed by atoms with Gasteiger partial charge in [0.1, 0.15) is 6.54 Å². The topological polar surface area (TPSA) is 86.0 Å². The first kappa shape index (κ1) is 17.9. The van der Waals surface area contributed by atoms with E-state index in [9.17, 15) is 9.90 Å². The number of rotatable bonds is 4. The van der Waals surface area contributed by atoms with E-state index >= 15 is 0 Å². The molecule has 1 saturated heterocycles. The smallest absolute Gasteiger partial charge is 0.246 e. The molecule has 2 heterocycles. The molecule has 0 saturated carbocycles. The summed E-state index contributed by atoms with van der Waals surface area (Å²) in [6.07, 6.45) is 3.55. The lowest BCUT2D eigenvalue weighted by Gasteiger charge is -2.35. The number of piperazine rings is 1. The fourth-order valence-corrected chi connectivity index (χ4v) is 3.03. The lowest BCUT2D eigenvalue weighted by molar-refractivity contribution is -0.120. The van der Waals surface area contributed by atoms with E-state index in [2.05, 4.69) is 15.4 Å². The summed E-state index contributed by atoms with van der Waals surface area (Å²) in [5.74, 6) is 0.716. The summed E-state index contributed by atoms with van der Waals surface area (Å²) in [6.45, 7) is 2.15. The zero-order valence-corrected chi connectivity index (χ0v) is 15.1. The van der Waals surface area contributed by atoms with Crippen molar-refractivity contribution in [3.8, 4) is 0 Å². The Bertz CT molecular complexity index is 800. The number of hydrogen-bond donors (Lipinski definition) is 2. The number of carbonyl (C=O) groups excluding carboxylic acids is 1. The largest absolute Gasteiger partial charge is 0.392 e. The van der Waals surface area contributed by atoms with Crippen LogP contribution in [0.25, 0.3) is 0 Å². The zero-order chi connectivity index (χ0) is 18.5. The van der Waals surface area contributed by atoms with Crippen LogP contribution in [0.1, 0.15) is 11.1 Å². The van der Waals surface area contributed by atoms with Crippen molar-refractivity contribution in [3.63, 3.8) is 0 Å². The van der Waals surface area contributed by atoms with Crippen LogP contribution in [0.3, 0.4) is 0 Å². The summed E-state index contributed by atoms with van der Waals surface area (Å²) in [6, 6.07) is 7.74. The van der Waals surface area contributed by atoms with Gasteiger partial charge in [-0.1, -0.05) is 24.3 Å². The molecule has 0 unspecified atom stereocenters. The number of aliphatic hydroxyl groups is 1. The minimum atomic E-state index is 0.0212. The lowest BCUT2D eigenvalue weighted by atomic mass is 10.1. The maximum atomic E-state index is 12.5. The highest BCUT2D eigenvalue weighted by Crippen LogP contribution is 2.16. The number of carbonyl (C=O) groups is 1. The molecule has 1 aromatic heterocycles. The van der Waals surface area contributed by atoms with Gasteiger partial charge in [-0.3, -0.25) is 14.5 Å². The minimum Gasteiger partial charge on any atom is -0.392 e. The number of anilines is 1. The maximum Gasteiger partial charge on any atom is 0.246 e. The van der Waals surface area contributed by atoms with Crippen LogP contribution in [-0.2, 0) is 25.0 Å². The first-order valence-electron chi connectivity index (χ1n) is 8.54. The Balaban J connectivity index is 1.60. The Labute approximate surface area is 152 Å². The van der Waals surface area contributed by atoms with Gasteiger partial charge < -0.3 is 20.2 Å². The number of aliphatic hydroxyl groups excluding tert-OH is 1. The number of aromatic nitrogens is 2. The van der Waals surface area contributed by atoms with Gasteiger partial charge in [0.2, 0.25) is 5.91 Å². The quantitative estimate of drug-likeness (QED) is 0.609. The fraction of sp³-hybridized carbons (Fsp3) is 0.389. The number of amides is 1. The Hall–Kier alpha value is -2.87. The van der Waals surface area contributed by atoms with Crippen molar-refractivity contribution in [1.29, 1.82) is 0 Å².